The van der Waals surface area contributed by atoms with Crippen LogP contribution in [0.3, 0.4) is 0 Å². The molecule has 0 aromatic heterocycles. The third kappa shape index (κ3) is 1.68. The number of amidine groups is 1. The standard InChI is InChI=1S/C8H9ClN2O/c1-12-7-4-5(8(10)11)2-3-6(7)9/h2-4H,1H3,(H3,10,11). The third-order valence-electron chi connectivity index (χ3n) is 1.46. The first-order chi connectivity index (χ1) is 5.65. The molecule has 0 aliphatic rings. The van der Waals surface area contributed by atoms with E-state index in [-0.39, 0.29) is 5.84 Å². The van der Waals surface area contributed by atoms with Gasteiger partial charge >= 0.3 is 0 Å². The maximum atomic E-state index is 7.16. The maximum Gasteiger partial charge on any atom is 0.138 e. The minimum Gasteiger partial charge on any atom is -0.495 e. The van der Waals surface area contributed by atoms with Crippen molar-refractivity contribution in [1.29, 1.82) is 5.41 Å². The third-order valence-corrected chi connectivity index (χ3v) is 1.77. The summed E-state index contributed by atoms with van der Waals surface area (Å²) >= 11 is 5.76. The molecule has 0 fully saturated rings. The van der Waals surface area contributed by atoms with Gasteiger partial charge in [0.25, 0.3) is 0 Å². The van der Waals surface area contributed by atoms with Crippen molar-refractivity contribution in [3.05, 3.63) is 28.8 Å². The first-order valence-corrected chi connectivity index (χ1v) is 3.71. The Morgan fingerprint density at radius 3 is 2.75 bits per heavy atom. The highest BCUT2D eigenvalue weighted by Crippen LogP contribution is 2.24. The first kappa shape index (κ1) is 8.87. The van der Waals surface area contributed by atoms with Gasteiger partial charge in [0.1, 0.15) is 11.6 Å². The van der Waals surface area contributed by atoms with Crippen LogP contribution in [-0.4, -0.2) is 12.9 Å². The number of hydrogen-bond donors (Lipinski definition) is 2. The van der Waals surface area contributed by atoms with Crippen molar-refractivity contribution in [2.45, 2.75) is 0 Å². The highest BCUT2D eigenvalue weighted by atomic mass is 35.5. The summed E-state index contributed by atoms with van der Waals surface area (Å²) in [6.45, 7) is 0. The minimum absolute atomic E-state index is 0.00460. The lowest BCUT2D eigenvalue weighted by molar-refractivity contribution is 0.415. The summed E-state index contributed by atoms with van der Waals surface area (Å²) in [6.07, 6.45) is 0. The molecule has 0 unspecified atom stereocenters. The van der Waals surface area contributed by atoms with Gasteiger partial charge in [-0.05, 0) is 18.2 Å². The lowest BCUT2D eigenvalue weighted by Gasteiger charge is -2.04. The van der Waals surface area contributed by atoms with Crippen LogP contribution in [0, 0.1) is 5.41 Å². The van der Waals surface area contributed by atoms with Gasteiger partial charge in [0.2, 0.25) is 0 Å². The molecule has 0 amide bonds. The lowest BCUT2D eigenvalue weighted by atomic mass is 10.2. The highest BCUT2D eigenvalue weighted by Gasteiger charge is 2.02. The van der Waals surface area contributed by atoms with E-state index in [2.05, 4.69) is 0 Å². The second-order valence-corrected chi connectivity index (χ2v) is 2.67. The van der Waals surface area contributed by atoms with Gasteiger partial charge in [-0.2, -0.15) is 0 Å². The van der Waals surface area contributed by atoms with Crippen molar-refractivity contribution in [2.24, 2.45) is 5.73 Å². The van der Waals surface area contributed by atoms with Gasteiger partial charge in [-0.15, -0.1) is 0 Å². The van der Waals surface area contributed by atoms with Crippen LogP contribution >= 0.6 is 11.6 Å². The van der Waals surface area contributed by atoms with Crippen LogP contribution in [0.15, 0.2) is 18.2 Å². The molecule has 64 valence electrons. The van der Waals surface area contributed by atoms with Crippen LogP contribution in [0.4, 0.5) is 0 Å². The van der Waals surface area contributed by atoms with Crippen molar-refractivity contribution in [3.8, 4) is 5.75 Å². The average Bonchev–Trinajstić information content (AvgIpc) is 2.05. The summed E-state index contributed by atoms with van der Waals surface area (Å²) < 4.78 is 4.95. The zero-order valence-corrected chi connectivity index (χ0v) is 7.35. The van der Waals surface area contributed by atoms with Crippen molar-refractivity contribution >= 4 is 17.4 Å². The second kappa shape index (κ2) is 3.45. The van der Waals surface area contributed by atoms with Gasteiger partial charge in [-0.25, -0.2) is 0 Å². The molecule has 0 heterocycles. The molecule has 0 saturated heterocycles. The number of rotatable bonds is 2. The van der Waals surface area contributed by atoms with Gasteiger partial charge in [-0.3, -0.25) is 5.41 Å². The Labute approximate surface area is 75.6 Å². The average molecular weight is 185 g/mol. The predicted octanol–water partition coefficient (Wildman–Crippen LogP) is 1.63. The number of methoxy groups -OCH3 is 1. The maximum absolute atomic E-state index is 7.16. The number of halogens is 1. The predicted molar refractivity (Wildman–Crippen MR) is 49.0 cm³/mol. The van der Waals surface area contributed by atoms with Crippen molar-refractivity contribution in [2.75, 3.05) is 7.11 Å². The molecule has 1 aromatic rings. The molecule has 3 nitrogen and oxygen atoms in total. The molecule has 0 aliphatic carbocycles. The van der Waals surface area contributed by atoms with Gasteiger partial charge in [0.05, 0.1) is 12.1 Å². The van der Waals surface area contributed by atoms with Crippen molar-refractivity contribution in [3.63, 3.8) is 0 Å². The monoisotopic (exact) mass is 184 g/mol. The van der Waals surface area contributed by atoms with E-state index in [0.29, 0.717) is 16.3 Å². The highest BCUT2D eigenvalue weighted by molar-refractivity contribution is 6.32. The Hall–Kier alpha value is -1.22. The molecule has 0 saturated carbocycles. The summed E-state index contributed by atoms with van der Waals surface area (Å²) in [5, 5.41) is 7.67. The van der Waals surface area contributed by atoms with E-state index in [0.717, 1.165) is 0 Å². The Balaban J connectivity index is 3.13. The molecule has 0 aliphatic heterocycles. The molecular formula is C8H9ClN2O. The molecule has 12 heavy (non-hydrogen) atoms. The summed E-state index contributed by atoms with van der Waals surface area (Å²) in [4.78, 5) is 0. The molecule has 4 heteroatoms. The zero-order valence-electron chi connectivity index (χ0n) is 6.60. The number of hydrogen-bond acceptors (Lipinski definition) is 2. The number of ether oxygens (including phenoxy) is 1. The van der Waals surface area contributed by atoms with Crippen LogP contribution in [-0.2, 0) is 0 Å². The fourth-order valence-corrected chi connectivity index (χ4v) is 1.02. The normalized spacial score (nSPS) is 9.50. The summed E-state index contributed by atoms with van der Waals surface area (Å²) in [5.41, 5.74) is 5.88. The molecule has 1 rings (SSSR count). The van der Waals surface area contributed by atoms with E-state index in [4.69, 9.17) is 27.5 Å². The quantitative estimate of drug-likeness (QED) is 0.542. The SMILES string of the molecule is COc1cc(C(=N)N)ccc1Cl. The summed E-state index contributed by atoms with van der Waals surface area (Å²) in [5.74, 6) is 0.536. The fourth-order valence-electron chi connectivity index (χ4n) is 0.827. The molecule has 0 bridgehead atoms. The Morgan fingerprint density at radius 2 is 2.25 bits per heavy atom. The van der Waals surface area contributed by atoms with Crippen molar-refractivity contribution < 1.29 is 4.74 Å². The van der Waals surface area contributed by atoms with Crippen molar-refractivity contribution in [1.82, 2.24) is 0 Å². The molecule has 0 atom stereocenters. The first-order valence-electron chi connectivity index (χ1n) is 3.33. The topological polar surface area (TPSA) is 59.1 Å². The minimum atomic E-state index is 0.00460. The van der Waals surface area contributed by atoms with E-state index in [1.807, 2.05) is 0 Å². The molecular weight excluding hydrogens is 176 g/mol. The fraction of sp³-hybridized carbons (Fsp3) is 0.125. The lowest BCUT2D eigenvalue weighted by Crippen LogP contribution is -2.10. The van der Waals surface area contributed by atoms with Gasteiger partial charge in [-0.1, -0.05) is 11.6 Å². The molecule has 3 N–H and O–H groups in total. The number of nitrogen functional groups attached to an aromatic ring is 1. The molecule has 1 aromatic carbocycles. The van der Waals surface area contributed by atoms with E-state index in [1.165, 1.54) is 7.11 Å². The molecule has 0 spiro atoms. The van der Waals surface area contributed by atoms with Gasteiger partial charge < -0.3 is 10.5 Å². The van der Waals surface area contributed by atoms with E-state index in [1.54, 1.807) is 18.2 Å². The van der Waals surface area contributed by atoms with E-state index >= 15 is 0 Å². The Kier molecular flexibility index (Phi) is 2.55. The number of nitrogens with two attached hydrogens (primary N) is 1. The smallest absolute Gasteiger partial charge is 0.138 e. The van der Waals surface area contributed by atoms with Crippen LogP contribution in [0.2, 0.25) is 5.02 Å². The Morgan fingerprint density at radius 1 is 1.58 bits per heavy atom. The molecule has 0 radical (unpaired) electrons. The van der Waals surface area contributed by atoms with Gasteiger partial charge in [0.15, 0.2) is 0 Å². The van der Waals surface area contributed by atoms with E-state index in [9.17, 15) is 0 Å². The van der Waals surface area contributed by atoms with Crippen LogP contribution in [0.1, 0.15) is 5.56 Å². The van der Waals surface area contributed by atoms with Crippen LogP contribution in [0.5, 0.6) is 5.75 Å². The zero-order chi connectivity index (χ0) is 9.14. The van der Waals surface area contributed by atoms with Gasteiger partial charge in [0, 0.05) is 5.56 Å². The largest absolute Gasteiger partial charge is 0.495 e. The summed E-state index contributed by atoms with van der Waals surface area (Å²) in [6, 6.07) is 4.95. The van der Waals surface area contributed by atoms with E-state index < -0.39 is 0 Å². The number of benzene rings is 1. The second-order valence-electron chi connectivity index (χ2n) is 2.26. The number of nitrogens with one attached hydrogen (secondary N) is 1. The van der Waals surface area contributed by atoms with Crippen LogP contribution < -0.4 is 10.5 Å². The van der Waals surface area contributed by atoms with Crippen LogP contribution in [0.25, 0.3) is 0 Å². The summed E-state index contributed by atoms with van der Waals surface area (Å²) in [7, 11) is 1.52. The Bertz CT molecular complexity index is 312.